The summed E-state index contributed by atoms with van der Waals surface area (Å²) < 4.78 is 11.6. The lowest BCUT2D eigenvalue weighted by Gasteiger charge is -2.32. The molecule has 0 spiro atoms. The molecule has 0 bridgehead atoms. The fraction of sp³-hybridized carbons (Fsp3) is 0.462. The molecule has 184 valence electrons. The van der Waals surface area contributed by atoms with E-state index >= 15 is 0 Å². The number of methoxy groups -OCH3 is 1. The number of piperidine rings is 1. The number of ether oxygens (including phenoxy) is 2. The zero-order valence-corrected chi connectivity index (χ0v) is 19.8. The molecule has 1 aliphatic carbocycles. The zero-order chi connectivity index (χ0) is 24.4. The lowest BCUT2D eigenvalue weighted by Crippen LogP contribution is -2.52. The summed E-state index contributed by atoms with van der Waals surface area (Å²) in [5.41, 5.74) is 2.38. The Labute approximate surface area is 204 Å². The number of carbonyl (C=O) groups excluding carboxylic acids is 3. The van der Waals surface area contributed by atoms with Crippen LogP contribution in [-0.2, 0) is 22.7 Å². The second kappa shape index (κ2) is 10.0. The first kappa shape index (κ1) is 23.3. The summed E-state index contributed by atoms with van der Waals surface area (Å²) in [6.07, 6.45) is 6.56. The van der Waals surface area contributed by atoms with Crippen LogP contribution in [0.4, 0.5) is 0 Å². The van der Waals surface area contributed by atoms with Gasteiger partial charge in [-0.1, -0.05) is 6.42 Å². The van der Waals surface area contributed by atoms with Crippen molar-refractivity contribution in [2.75, 3.05) is 7.11 Å². The van der Waals surface area contributed by atoms with Gasteiger partial charge in [-0.15, -0.1) is 0 Å². The Morgan fingerprint density at radius 1 is 1.09 bits per heavy atom. The van der Waals surface area contributed by atoms with E-state index in [-0.39, 0.29) is 30.4 Å². The number of fused-ring (bicyclic) bond motifs is 1. The van der Waals surface area contributed by atoms with Crippen LogP contribution in [0, 0.1) is 0 Å². The van der Waals surface area contributed by atoms with Gasteiger partial charge < -0.3 is 19.7 Å². The van der Waals surface area contributed by atoms with Gasteiger partial charge in [0.2, 0.25) is 11.8 Å². The number of hydrogen-bond acceptors (Lipinski definition) is 7. The SMILES string of the molecule is COc1ccc(CN[C@@H]2CCCC[C@@H]2Oc2ccc3c(c2)CN(C2CCC(=O)NC2=O)C3=O)nc1. The van der Waals surface area contributed by atoms with Crippen LogP contribution in [0.25, 0.3) is 0 Å². The monoisotopic (exact) mass is 478 g/mol. The normalized spacial score (nSPS) is 24.2. The van der Waals surface area contributed by atoms with E-state index in [2.05, 4.69) is 15.6 Å². The van der Waals surface area contributed by atoms with Gasteiger partial charge in [-0.25, -0.2) is 0 Å². The Balaban J connectivity index is 1.23. The zero-order valence-electron chi connectivity index (χ0n) is 19.8. The summed E-state index contributed by atoms with van der Waals surface area (Å²) in [5.74, 6) is 0.595. The van der Waals surface area contributed by atoms with Crippen LogP contribution < -0.4 is 20.1 Å². The molecule has 9 nitrogen and oxygen atoms in total. The predicted molar refractivity (Wildman–Crippen MR) is 127 cm³/mol. The second-order valence-corrected chi connectivity index (χ2v) is 9.34. The molecule has 2 aliphatic heterocycles. The first-order valence-corrected chi connectivity index (χ1v) is 12.2. The van der Waals surface area contributed by atoms with E-state index in [1.54, 1.807) is 24.3 Å². The molecule has 2 N–H and O–H groups in total. The van der Waals surface area contributed by atoms with Gasteiger partial charge in [0, 0.05) is 31.1 Å². The minimum Gasteiger partial charge on any atom is -0.495 e. The van der Waals surface area contributed by atoms with Gasteiger partial charge in [0.05, 0.1) is 19.0 Å². The standard InChI is InChI=1S/C26H30N4O5/c1-34-19-7-6-17(27-14-19)13-28-21-4-2-3-5-23(21)35-18-8-9-20-16(12-18)15-30(26(20)33)22-10-11-24(31)29-25(22)32/h6-9,12,14,21-23,28H,2-5,10-11,13,15H2,1H3,(H,29,31,32)/t21-,22?,23+/m1/s1. The van der Waals surface area contributed by atoms with Gasteiger partial charge >= 0.3 is 0 Å². The highest BCUT2D eigenvalue weighted by molar-refractivity contribution is 6.05. The maximum atomic E-state index is 12.9. The number of nitrogens with zero attached hydrogens (tertiary/aromatic N) is 2. The molecular formula is C26H30N4O5. The van der Waals surface area contributed by atoms with Crippen molar-refractivity contribution in [1.29, 1.82) is 0 Å². The van der Waals surface area contributed by atoms with Crippen LogP contribution in [0.15, 0.2) is 36.5 Å². The number of benzene rings is 1. The van der Waals surface area contributed by atoms with Gasteiger partial charge in [-0.05, 0) is 61.6 Å². The number of imide groups is 1. The van der Waals surface area contributed by atoms with Gasteiger partial charge in [0.1, 0.15) is 23.6 Å². The molecule has 3 atom stereocenters. The second-order valence-electron chi connectivity index (χ2n) is 9.34. The summed E-state index contributed by atoms with van der Waals surface area (Å²) in [6, 6.07) is 8.97. The highest BCUT2D eigenvalue weighted by atomic mass is 16.5. The molecule has 35 heavy (non-hydrogen) atoms. The largest absolute Gasteiger partial charge is 0.495 e. The molecule has 3 heterocycles. The van der Waals surface area contributed by atoms with Crippen LogP contribution in [0.5, 0.6) is 11.5 Å². The first-order chi connectivity index (χ1) is 17.0. The quantitative estimate of drug-likeness (QED) is 0.588. The number of pyridine rings is 1. The summed E-state index contributed by atoms with van der Waals surface area (Å²) in [4.78, 5) is 42.7. The van der Waals surface area contributed by atoms with Gasteiger partial charge in [-0.3, -0.25) is 24.7 Å². The third-order valence-electron chi connectivity index (χ3n) is 7.06. The van der Waals surface area contributed by atoms with Crippen molar-refractivity contribution in [2.24, 2.45) is 0 Å². The highest BCUT2D eigenvalue weighted by Gasteiger charge is 2.39. The van der Waals surface area contributed by atoms with Crippen LogP contribution in [-0.4, -0.2) is 52.9 Å². The van der Waals surface area contributed by atoms with Crippen molar-refractivity contribution in [3.8, 4) is 11.5 Å². The predicted octanol–water partition coefficient (Wildman–Crippen LogP) is 2.33. The Morgan fingerprint density at radius 3 is 2.69 bits per heavy atom. The molecule has 9 heteroatoms. The average Bonchev–Trinajstić information content (AvgIpc) is 3.19. The van der Waals surface area contributed by atoms with Crippen molar-refractivity contribution < 1.29 is 23.9 Å². The van der Waals surface area contributed by atoms with E-state index in [4.69, 9.17) is 9.47 Å². The summed E-state index contributed by atoms with van der Waals surface area (Å²) in [7, 11) is 1.63. The topological polar surface area (TPSA) is 110 Å². The lowest BCUT2D eigenvalue weighted by atomic mass is 9.92. The van der Waals surface area contributed by atoms with Crippen molar-refractivity contribution in [3.63, 3.8) is 0 Å². The fourth-order valence-corrected chi connectivity index (χ4v) is 5.14. The molecule has 3 aliphatic rings. The van der Waals surface area contributed by atoms with Gasteiger partial charge in [-0.2, -0.15) is 0 Å². The molecular weight excluding hydrogens is 448 g/mol. The molecule has 1 saturated carbocycles. The van der Waals surface area contributed by atoms with Gasteiger partial charge in [0.25, 0.3) is 5.91 Å². The molecule has 1 aromatic carbocycles. The van der Waals surface area contributed by atoms with Crippen LogP contribution in [0.1, 0.15) is 60.1 Å². The molecule has 2 aromatic rings. The minimum absolute atomic E-state index is 0.0170. The van der Waals surface area contributed by atoms with E-state index < -0.39 is 11.9 Å². The number of rotatable bonds is 7. The lowest BCUT2D eigenvalue weighted by molar-refractivity contribution is -0.136. The van der Waals surface area contributed by atoms with Crippen molar-refractivity contribution >= 4 is 17.7 Å². The Bertz CT molecular complexity index is 1120. The molecule has 2 fully saturated rings. The van der Waals surface area contributed by atoms with Crippen LogP contribution in [0.3, 0.4) is 0 Å². The molecule has 1 saturated heterocycles. The third-order valence-corrected chi connectivity index (χ3v) is 7.06. The van der Waals surface area contributed by atoms with E-state index in [0.717, 1.165) is 48.4 Å². The number of carbonyl (C=O) groups is 3. The first-order valence-electron chi connectivity index (χ1n) is 12.2. The van der Waals surface area contributed by atoms with Gasteiger partial charge in [0.15, 0.2) is 0 Å². The number of amides is 3. The third kappa shape index (κ3) is 5.00. The van der Waals surface area contributed by atoms with E-state index in [9.17, 15) is 14.4 Å². The molecule has 1 aromatic heterocycles. The molecule has 1 unspecified atom stereocenters. The van der Waals surface area contributed by atoms with Crippen molar-refractivity contribution in [2.45, 2.75) is 69.8 Å². The maximum Gasteiger partial charge on any atom is 0.255 e. The molecule has 0 radical (unpaired) electrons. The minimum atomic E-state index is -0.615. The Morgan fingerprint density at radius 2 is 1.91 bits per heavy atom. The Kier molecular flexibility index (Phi) is 6.68. The van der Waals surface area contributed by atoms with E-state index in [0.29, 0.717) is 25.1 Å². The highest BCUT2D eigenvalue weighted by Crippen LogP contribution is 2.32. The number of aromatic nitrogens is 1. The number of nitrogens with one attached hydrogen (secondary N) is 2. The number of hydrogen-bond donors (Lipinski definition) is 2. The van der Waals surface area contributed by atoms with Crippen LogP contribution in [0.2, 0.25) is 0 Å². The summed E-state index contributed by atoms with van der Waals surface area (Å²) >= 11 is 0. The van der Waals surface area contributed by atoms with Crippen LogP contribution >= 0.6 is 0 Å². The van der Waals surface area contributed by atoms with Crippen molar-refractivity contribution in [3.05, 3.63) is 53.3 Å². The summed E-state index contributed by atoms with van der Waals surface area (Å²) in [5, 5.41) is 5.94. The summed E-state index contributed by atoms with van der Waals surface area (Å²) in [6.45, 7) is 0.987. The smallest absolute Gasteiger partial charge is 0.255 e. The van der Waals surface area contributed by atoms with E-state index in [1.807, 2.05) is 24.3 Å². The average molecular weight is 479 g/mol. The molecule has 5 rings (SSSR count). The molecule has 3 amide bonds. The fourth-order valence-electron chi connectivity index (χ4n) is 5.14. The van der Waals surface area contributed by atoms with E-state index in [1.165, 1.54) is 0 Å². The Hall–Kier alpha value is -3.46. The van der Waals surface area contributed by atoms with Crippen molar-refractivity contribution in [1.82, 2.24) is 20.5 Å². The maximum absolute atomic E-state index is 12.9.